The number of nitrogens with one attached hydrogen (secondary N) is 2. The first-order valence-electron chi connectivity index (χ1n) is 9.99. The summed E-state index contributed by atoms with van der Waals surface area (Å²) in [4.78, 5) is 19.4. The van der Waals surface area contributed by atoms with Crippen LogP contribution < -0.4 is 20.1 Å². The summed E-state index contributed by atoms with van der Waals surface area (Å²) in [5, 5.41) is 5.83. The summed E-state index contributed by atoms with van der Waals surface area (Å²) in [7, 11) is 3.10. The fraction of sp³-hybridized carbons (Fsp3) is 0.364. The molecule has 8 nitrogen and oxygen atoms in total. The van der Waals surface area contributed by atoms with E-state index in [1.165, 1.54) is 18.2 Å². The van der Waals surface area contributed by atoms with Gasteiger partial charge in [0.2, 0.25) is 5.96 Å². The van der Waals surface area contributed by atoms with Crippen LogP contribution in [0.4, 0.5) is 10.1 Å². The molecule has 1 saturated heterocycles. The maximum absolute atomic E-state index is 13.5. The molecule has 166 valence electrons. The molecule has 0 spiro atoms. The van der Waals surface area contributed by atoms with Gasteiger partial charge in [0.05, 0.1) is 34.0 Å². The van der Waals surface area contributed by atoms with Crippen LogP contribution in [0.2, 0.25) is 0 Å². The van der Waals surface area contributed by atoms with Crippen molar-refractivity contribution < 1.29 is 23.4 Å². The van der Waals surface area contributed by atoms with Crippen LogP contribution in [0.25, 0.3) is 0 Å². The first kappa shape index (κ1) is 22.5. The zero-order valence-electron chi connectivity index (χ0n) is 17.7. The second kappa shape index (κ2) is 11.3. The largest absolute Gasteiger partial charge is 0.493 e. The number of halogens is 1. The Balaban J connectivity index is 1.74. The van der Waals surface area contributed by atoms with E-state index in [9.17, 15) is 9.18 Å². The molecule has 0 aromatic heterocycles. The number of benzene rings is 2. The molecule has 1 fully saturated rings. The second-order valence-electron chi connectivity index (χ2n) is 6.84. The lowest BCUT2D eigenvalue weighted by atomic mass is 10.2. The van der Waals surface area contributed by atoms with Crippen molar-refractivity contribution in [1.82, 2.24) is 10.2 Å². The van der Waals surface area contributed by atoms with Crippen LogP contribution in [0.1, 0.15) is 10.4 Å². The fourth-order valence-corrected chi connectivity index (χ4v) is 3.10. The molecule has 0 radical (unpaired) electrons. The van der Waals surface area contributed by atoms with Gasteiger partial charge in [-0.25, -0.2) is 4.39 Å². The molecule has 9 heteroatoms. The van der Waals surface area contributed by atoms with Crippen molar-refractivity contribution in [3.05, 3.63) is 53.8 Å². The smallest absolute Gasteiger partial charge is 0.258 e. The third-order valence-electron chi connectivity index (χ3n) is 4.75. The molecular formula is C22H27FN4O4. The van der Waals surface area contributed by atoms with Crippen LogP contribution in [0.15, 0.2) is 47.5 Å². The van der Waals surface area contributed by atoms with E-state index < -0.39 is 11.7 Å². The molecule has 0 unspecified atom stereocenters. The second-order valence-corrected chi connectivity index (χ2v) is 6.84. The molecule has 2 N–H and O–H groups in total. The number of rotatable bonds is 7. The summed E-state index contributed by atoms with van der Waals surface area (Å²) in [5.41, 5.74) is 0.859. The maximum Gasteiger partial charge on any atom is 0.258 e. The monoisotopic (exact) mass is 430 g/mol. The van der Waals surface area contributed by atoms with Gasteiger partial charge in [-0.3, -0.25) is 20.0 Å². The maximum atomic E-state index is 13.5. The quantitative estimate of drug-likeness (QED) is 0.518. The van der Waals surface area contributed by atoms with Gasteiger partial charge in [-0.05, 0) is 30.3 Å². The van der Waals surface area contributed by atoms with Gasteiger partial charge in [0.1, 0.15) is 5.82 Å². The summed E-state index contributed by atoms with van der Waals surface area (Å²) in [6.07, 6.45) is 0. The Kier molecular flexibility index (Phi) is 8.19. The molecule has 0 bridgehead atoms. The van der Waals surface area contributed by atoms with Gasteiger partial charge < -0.3 is 19.5 Å². The SMILES string of the molecule is COc1ccc(NC(=NCCN2CCOCC2)NC(=O)c2cccc(F)c2)cc1OC. The summed E-state index contributed by atoms with van der Waals surface area (Å²) >= 11 is 0. The van der Waals surface area contributed by atoms with Crippen molar-refractivity contribution >= 4 is 17.6 Å². The normalized spacial score (nSPS) is 14.7. The van der Waals surface area contributed by atoms with E-state index in [0.29, 0.717) is 36.9 Å². The molecule has 1 aliphatic rings. The lowest BCUT2D eigenvalue weighted by Crippen LogP contribution is -2.39. The summed E-state index contributed by atoms with van der Waals surface area (Å²) in [5.74, 6) is 0.443. The highest BCUT2D eigenvalue weighted by molar-refractivity contribution is 6.10. The zero-order valence-corrected chi connectivity index (χ0v) is 17.7. The van der Waals surface area contributed by atoms with E-state index >= 15 is 0 Å². The van der Waals surface area contributed by atoms with Crippen LogP contribution in [0.3, 0.4) is 0 Å². The van der Waals surface area contributed by atoms with Gasteiger partial charge in [0.25, 0.3) is 5.91 Å². The number of nitrogens with zero attached hydrogens (tertiary/aromatic N) is 2. The summed E-state index contributed by atoms with van der Waals surface area (Å²) in [6, 6.07) is 10.8. The molecule has 1 aliphatic heterocycles. The van der Waals surface area contributed by atoms with E-state index in [0.717, 1.165) is 19.6 Å². The van der Waals surface area contributed by atoms with E-state index in [1.54, 1.807) is 38.5 Å². The fourth-order valence-electron chi connectivity index (χ4n) is 3.10. The number of guanidine groups is 1. The lowest BCUT2D eigenvalue weighted by Gasteiger charge is -2.25. The van der Waals surface area contributed by atoms with E-state index in [4.69, 9.17) is 14.2 Å². The van der Waals surface area contributed by atoms with Gasteiger partial charge in [-0.2, -0.15) is 0 Å². The Morgan fingerprint density at radius 1 is 1.13 bits per heavy atom. The molecule has 2 aromatic rings. The van der Waals surface area contributed by atoms with E-state index in [2.05, 4.69) is 20.5 Å². The molecule has 0 aliphatic carbocycles. The number of aliphatic imine (C=N–C) groups is 1. The van der Waals surface area contributed by atoms with Crippen molar-refractivity contribution in [2.24, 2.45) is 4.99 Å². The highest BCUT2D eigenvalue weighted by atomic mass is 19.1. The molecule has 1 heterocycles. The summed E-state index contributed by atoms with van der Waals surface area (Å²) < 4.78 is 29.5. The standard InChI is InChI=1S/C22H27FN4O4/c1-29-19-7-6-18(15-20(19)30-2)25-22(24-8-9-27-10-12-31-13-11-27)26-21(28)16-4-3-5-17(23)14-16/h3-7,14-15H,8-13H2,1-2H3,(H2,24,25,26,28). The third kappa shape index (κ3) is 6.66. The highest BCUT2D eigenvalue weighted by Crippen LogP contribution is 2.29. The average molecular weight is 430 g/mol. The minimum Gasteiger partial charge on any atom is -0.493 e. The van der Waals surface area contributed by atoms with Crippen LogP contribution in [0, 0.1) is 5.82 Å². The number of methoxy groups -OCH3 is 2. The predicted octanol–water partition coefficient (Wildman–Crippen LogP) is 2.37. The molecular weight excluding hydrogens is 403 g/mol. The number of anilines is 1. The Morgan fingerprint density at radius 3 is 2.61 bits per heavy atom. The molecule has 3 rings (SSSR count). The highest BCUT2D eigenvalue weighted by Gasteiger charge is 2.13. The number of ether oxygens (including phenoxy) is 3. The van der Waals surface area contributed by atoms with Crippen LogP contribution in [-0.2, 0) is 4.74 Å². The van der Waals surface area contributed by atoms with Gasteiger partial charge in [-0.1, -0.05) is 6.07 Å². The third-order valence-corrected chi connectivity index (χ3v) is 4.75. The number of carbonyl (C=O) groups excluding carboxylic acids is 1. The Bertz CT molecular complexity index is 916. The zero-order chi connectivity index (χ0) is 22.1. The number of hydrogen-bond acceptors (Lipinski definition) is 6. The van der Waals surface area contributed by atoms with Crippen LogP contribution in [-0.4, -0.2) is 70.4 Å². The van der Waals surface area contributed by atoms with Gasteiger partial charge in [0.15, 0.2) is 11.5 Å². The summed E-state index contributed by atoms with van der Waals surface area (Å²) in [6.45, 7) is 4.32. The minimum absolute atomic E-state index is 0.204. The Labute approximate surface area is 181 Å². The minimum atomic E-state index is -0.480. The van der Waals surface area contributed by atoms with Gasteiger partial charge >= 0.3 is 0 Å². The van der Waals surface area contributed by atoms with Crippen LogP contribution >= 0.6 is 0 Å². The predicted molar refractivity (Wildman–Crippen MR) is 117 cm³/mol. The Hall–Kier alpha value is -3.17. The topological polar surface area (TPSA) is 84.4 Å². The molecule has 1 amide bonds. The van der Waals surface area contributed by atoms with Gasteiger partial charge in [-0.15, -0.1) is 0 Å². The van der Waals surface area contributed by atoms with E-state index in [-0.39, 0.29) is 11.5 Å². The van der Waals surface area contributed by atoms with Crippen molar-refractivity contribution in [3.63, 3.8) is 0 Å². The molecule has 0 atom stereocenters. The molecule has 0 saturated carbocycles. The van der Waals surface area contributed by atoms with Crippen molar-refractivity contribution in [2.45, 2.75) is 0 Å². The van der Waals surface area contributed by atoms with Crippen molar-refractivity contribution in [1.29, 1.82) is 0 Å². The van der Waals surface area contributed by atoms with E-state index in [1.807, 2.05) is 0 Å². The first-order chi connectivity index (χ1) is 15.1. The number of hydrogen-bond donors (Lipinski definition) is 2. The number of amides is 1. The molecule has 31 heavy (non-hydrogen) atoms. The number of morpholine rings is 1. The van der Waals surface area contributed by atoms with Crippen molar-refractivity contribution in [3.8, 4) is 11.5 Å². The number of carbonyl (C=O) groups is 1. The first-order valence-corrected chi connectivity index (χ1v) is 9.99. The average Bonchev–Trinajstić information content (AvgIpc) is 2.79. The lowest BCUT2D eigenvalue weighted by molar-refractivity contribution is 0.0394. The van der Waals surface area contributed by atoms with Gasteiger partial charge in [0, 0.05) is 37.0 Å². The Morgan fingerprint density at radius 2 is 1.90 bits per heavy atom. The molecule has 2 aromatic carbocycles. The van der Waals surface area contributed by atoms with Crippen molar-refractivity contribution in [2.75, 3.05) is 58.9 Å². The van der Waals surface area contributed by atoms with Crippen LogP contribution in [0.5, 0.6) is 11.5 Å².